The first-order chi connectivity index (χ1) is 9.29. The van der Waals surface area contributed by atoms with Gasteiger partial charge in [0.25, 0.3) is 0 Å². The molecule has 1 heterocycles. The quantitative estimate of drug-likeness (QED) is 0.797. The number of benzene rings is 1. The number of rotatable bonds is 6. The van der Waals surface area contributed by atoms with Gasteiger partial charge in [0.1, 0.15) is 5.75 Å². The minimum atomic E-state index is 0.899. The Morgan fingerprint density at radius 1 is 1.26 bits per heavy atom. The summed E-state index contributed by atoms with van der Waals surface area (Å²) in [5.74, 6) is 1.88. The van der Waals surface area contributed by atoms with Crippen LogP contribution >= 0.6 is 0 Å². The Morgan fingerprint density at radius 2 is 2.00 bits per heavy atom. The summed E-state index contributed by atoms with van der Waals surface area (Å²) in [4.78, 5) is 2.43. The maximum Gasteiger partial charge on any atom is 0.123 e. The van der Waals surface area contributed by atoms with Crippen LogP contribution in [0.15, 0.2) is 24.3 Å². The molecule has 0 amide bonds. The summed E-state index contributed by atoms with van der Waals surface area (Å²) in [5, 5.41) is 3.54. The lowest BCUT2D eigenvalue weighted by Crippen LogP contribution is -2.31. The number of likely N-dealkylation sites (tertiary alicyclic amines) is 1. The number of hydrogen-bond acceptors (Lipinski definition) is 3. The molecule has 1 aromatic rings. The van der Waals surface area contributed by atoms with Gasteiger partial charge in [0.15, 0.2) is 0 Å². The van der Waals surface area contributed by atoms with E-state index in [-0.39, 0.29) is 0 Å². The molecule has 1 fully saturated rings. The van der Waals surface area contributed by atoms with Gasteiger partial charge in [-0.25, -0.2) is 0 Å². The normalized spacial score (nSPS) is 17.6. The number of ether oxygens (including phenoxy) is 1. The van der Waals surface area contributed by atoms with E-state index in [1.54, 1.807) is 7.11 Å². The van der Waals surface area contributed by atoms with Gasteiger partial charge in [-0.3, -0.25) is 0 Å². The van der Waals surface area contributed by atoms with Gasteiger partial charge >= 0.3 is 0 Å². The zero-order valence-corrected chi connectivity index (χ0v) is 12.2. The molecule has 0 saturated carbocycles. The minimum absolute atomic E-state index is 0.899. The Balaban J connectivity index is 1.66. The zero-order chi connectivity index (χ0) is 13.5. The minimum Gasteiger partial charge on any atom is -0.496 e. The van der Waals surface area contributed by atoms with Crippen LogP contribution in [0.1, 0.15) is 24.8 Å². The molecule has 0 bridgehead atoms. The Labute approximate surface area is 116 Å². The lowest BCUT2D eigenvalue weighted by atomic mass is 9.94. The molecule has 1 saturated heterocycles. The van der Waals surface area contributed by atoms with Gasteiger partial charge in [0.05, 0.1) is 7.11 Å². The summed E-state index contributed by atoms with van der Waals surface area (Å²) in [6.45, 7) is 4.53. The summed E-state index contributed by atoms with van der Waals surface area (Å²) in [6, 6.07) is 8.23. The highest BCUT2D eigenvalue weighted by molar-refractivity contribution is 5.32. The van der Waals surface area contributed by atoms with Crippen LogP contribution in [0.5, 0.6) is 5.75 Å². The van der Waals surface area contributed by atoms with Crippen LogP contribution in [-0.4, -0.2) is 38.7 Å². The molecule has 0 aromatic heterocycles. The summed E-state index contributed by atoms with van der Waals surface area (Å²) >= 11 is 0. The van der Waals surface area contributed by atoms with E-state index in [4.69, 9.17) is 4.74 Å². The summed E-state index contributed by atoms with van der Waals surface area (Å²) in [6.07, 6.45) is 4.00. The molecule has 2 rings (SSSR count). The average Bonchev–Trinajstić information content (AvgIpc) is 2.46. The second-order valence-electron chi connectivity index (χ2n) is 5.52. The molecule has 106 valence electrons. The molecule has 1 N–H and O–H groups in total. The predicted octanol–water partition coefficient (Wildman–Crippen LogP) is 2.52. The fourth-order valence-electron chi connectivity index (χ4n) is 2.73. The highest BCUT2D eigenvalue weighted by Gasteiger charge is 2.15. The average molecular weight is 262 g/mol. The van der Waals surface area contributed by atoms with Crippen molar-refractivity contribution in [2.45, 2.75) is 25.8 Å². The van der Waals surface area contributed by atoms with Crippen molar-refractivity contribution in [2.24, 2.45) is 5.92 Å². The number of nitrogens with zero attached hydrogens (tertiary/aromatic N) is 1. The molecular weight excluding hydrogens is 236 g/mol. The largest absolute Gasteiger partial charge is 0.496 e. The van der Waals surface area contributed by atoms with Crippen LogP contribution in [0.3, 0.4) is 0 Å². The first kappa shape index (κ1) is 14.4. The second kappa shape index (κ2) is 7.51. The van der Waals surface area contributed by atoms with Crippen LogP contribution in [0.4, 0.5) is 0 Å². The SMILES string of the molecule is COc1ccccc1CNCCC1CCN(C)CC1. The van der Waals surface area contributed by atoms with Gasteiger partial charge in [-0.2, -0.15) is 0 Å². The zero-order valence-electron chi connectivity index (χ0n) is 12.2. The van der Waals surface area contributed by atoms with Crippen molar-refractivity contribution in [1.82, 2.24) is 10.2 Å². The Hall–Kier alpha value is -1.06. The number of nitrogens with one attached hydrogen (secondary N) is 1. The summed E-state index contributed by atoms with van der Waals surface area (Å²) in [7, 11) is 3.95. The molecule has 1 aliphatic rings. The molecule has 19 heavy (non-hydrogen) atoms. The van der Waals surface area contributed by atoms with E-state index in [0.717, 1.165) is 24.8 Å². The molecule has 0 aliphatic carbocycles. The molecule has 3 heteroatoms. The van der Waals surface area contributed by atoms with Gasteiger partial charge in [-0.1, -0.05) is 18.2 Å². The number of para-hydroxylation sites is 1. The lowest BCUT2D eigenvalue weighted by Gasteiger charge is -2.28. The summed E-state index contributed by atoms with van der Waals surface area (Å²) in [5.41, 5.74) is 1.24. The molecule has 0 atom stereocenters. The highest BCUT2D eigenvalue weighted by Crippen LogP contribution is 2.19. The van der Waals surface area contributed by atoms with E-state index in [9.17, 15) is 0 Å². The maximum atomic E-state index is 5.36. The number of piperidine rings is 1. The van der Waals surface area contributed by atoms with Crippen molar-refractivity contribution >= 4 is 0 Å². The number of hydrogen-bond donors (Lipinski definition) is 1. The molecule has 0 radical (unpaired) electrons. The van der Waals surface area contributed by atoms with Crippen molar-refractivity contribution in [2.75, 3.05) is 33.8 Å². The van der Waals surface area contributed by atoms with Gasteiger partial charge in [-0.15, -0.1) is 0 Å². The van der Waals surface area contributed by atoms with Gasteiger partial charge < -0.3 is 15.0 Å². The smallest absolute Gasteiger partial charge is 0.123 e. The van der Waals surface area contributed by atoms with Crippen LogP contribution in [0, 0.1) is 5.92 Å². The topological polar surface area (TPSA) is 24.5 Å². The van der Waals surface area contributed by atoms with E-state index >= 15 is 0 Å². The molecule has 1 aromatic carbocycles. The second-order valence-corrected chi connectivity index (χ2v) is 5.52. The fraction of sp³-hybridized carbons (Fsp3) is 0.625. The standard InChI is InChI=1S/C16H26N2O/c1-18-11-8-14(9-12-18)7-10-17-13-15-5-3-4-6-16(15)19-2/h3-6,14,17H,7-13H2,1-2H3. The maximum absolute atomic E-state index is 5.36. The number of methoxy groups -OCH3 is 1. The van der Waals surface area contributed by atoms with Crippen LogP contribution in [-0.2, 0) is 6.54 Å². The van der Waals surface area contributed by atoms with Gasteiger partial charge in [-0.05, 0) is 57.9 Å². The van der Waals surface area contributed by atoms with Crippen LogP contribution in [0.2, 0.25) is 0 Å². The summed E-state index contributed by atoms with van der Waals surface area (Å²) < 4.78 is 5.36. The van der Waals surface area contributed by atoms with Crippen molar-refractivity contribution in [3.8, 4) is 5.75 Å². The van der Waals surface area contributed by atoms with E-state index < -0.39 is 0 Å². The Morgan fingerprint density at radius 3 is 2.74 bits per heavy atom. The van der Waals surface area contributed by atoms with E-state index in [0.29, 0.717) is 0 Å². The van der Waals surface area contributed by atoms with Crippen molar-refractivity contribution in [1.29, 1.82) is 0 Å². The molecular formula is C16H26N2O. The van der Waals surface area contributed by atoms with Crippen molar-refractivity contribution in [3.63, 3.8) is 0 Å². The fourth-order valence-corrected chi connectivity index (χ4v) is 2.73. The van der Waals surface area contributed by atoms with Gasteiger partial charge in [0.2, 0.25) is 0 Å². The van der Waals surface area contributed by atoms with Crippen LogP contribution < -0.4 is 10.1 Å². The molecule has 3 nitrogen and oxygen atoms in total. The van der Waals surface area contributed by atoms with Crippen molar-refractivity contribution in [3.05, 3.63) is 29.8 Å². The first-order valence-electron chi connectivity index (χ1n) is 7.30. The third-order valence-electron chi connectivity index (χ3n) is 4.08. The Kier molecular flexibility index (Phi) is 5.67. The first-order valence-corrected chi connectivity index (χ1v) is 7.30. The molecule has 1 aliphatic heterocycles. The van der Waals surface area contributed by atoms with E-state index in [1.165, 1.54) is 37.9 Å². The van der Waals surface area contributed by atoms with Crippen LogP contribution in [0.25, 0.3) is 0 Å². The highest BCUT2D eigenvalue weighted by atomic mass is 16.5. The predicted molar refractivity (Wildman–Crippen MR) is 79.5 cm³/mol. The third-order valence-corrected chi connectivity index (χ3v) is 4.08. The third kappa shape index (κ3) is 4.51. The Bertz CT molecular complexity index is 373. The van der Waals surface area contributed by atoms with Gasteiger partial charge in [0, 0.05) is 12.1 Å². The lowest BCUT2D eigenvalue weighted by molar-refractivity contribution is 0.211. The molecule has 0 spiro atoms. The van der Waals surface area contributed by atoms with Crippen molar-refractivity contribution < 1.29 is 4.74 Å². The van der Waals surface area contributed by atoms with E-state index in [1.807, 2.05) is 12.1 Å². The molecule has 0 unspecified atom stereocenters. The van der Waals surface area contributed by atoms with E-state index in [2.05, 4.69) is 29.4 Å². The monoisotopic (exact) mass is 262 g/mol.